The van der Waals surface area contributed by atoms with Crippen molar-refractivity contribution in [3.63, 3.8) is 0 Å². The van der Waals surface area contributed by atoms with Gasteiger partial charge in [0.2, 0.25) is 0 Å². The molecule has 0 saturated heterocycles. The Balaban J connectivity index is 1.88. The standard InChI is InChI=1S/C21H38O4/c1-2-3-4-5-6-7-11-17-24-20(22)15-12-16-21(23)25-18-19-13-9-8-10-14-19/h19H,2-18H2,1H3. The highest BCUT2D eigenvalue weighted by molar-refractivity contribution is 5.72. The Morgan fingerprint density at radius 2 is 1.36 bits per heavy atom. The second-order valence-corrected chi connectivity index (χ2v) is 7.38. The fraction of sp³-hybridized carbons (Fsp3) is 0.905. The molecule has 1 rings (SSSR count). The van der Waals surface area contributed by atoms with Crippen LogP contribution >= 0.6 is 0 Å². The largest absolute Gasteiger partial charge is 0.466 e. The molecular weight excluding hydrogens is 316 g/mol. The third kappa shape index (κ3) is 12.9. The molecule has 0 bridgehead atoms. The van der Waals surface area contributed by atoms with Crippen molar-refractivity contribution in [2.45, 2.75) is 103 Å². The van der Waals surface area contributed by atoms with Gasteiger partial charge in [0.15, 0.2) is 0 Å². The fourth-order valence-corrected chi connectivity index (χ4v) is 3.33. The molecule has 0 heterocycles. The zero-order chi connectivity index (χ0) is 18.2. The lowest BCUT2D eigenvalue weighted by Crippen LogP contribution is -2.17. The molecule has 25 heavy (non-hydrogen) atoms. The van der Waals surface area contributed by atoms with E-state index in [-0.39, 0.29) is 11.9 Å². The summed E-state index contributed by atoms with van der Waals surface area (Å²) in [7, 11) is 0. The average Bonchev–Trinajstić information content (AvgIpc) is 2.63. The minimum absolute atomic E-state index is 0.176. The summed E-state index contributed by atoms with van der Waals surface area (Å²) in [4.78, 5) is 23.3. The number of unbranched alkanes of at least 4 members (excludes halogenated alkanes) is 6. The van der Waals surface area contributed by atoms with Gasteiger partial charge in [0, 0.05) is 12.8 Å². The van der Waals surface area contributed by atoms with Crippen molar-refractivity contribution in [2.75, 3.05) is 13.2 Å². The van der Waals surface area contributed by atoms with Gasteiger partial charge in [-0.2, -0.15) is 0 Å². The lowest BCUT2D eigenvalue weighted by atomic mass is 9.90. The number of carbonyl (C=O) groups excluding carboxylic acids is 2. The van der Waals surface area contributed by atoms with E-state index >= 15 is 0 Å². The van der Waals surface area contributed by atoms with Crippen LogP contribution in [0, 0.1) is 5.92 Å². The molecule has 0 aromatic carbocycles. The zero-order valence-corrected chi connectivity index (χ0v) is 16.2. The number of ether oxygens (including phenoxy) is 2. The molecule has 0 amide bonds. The van der Waals surface area contributed by atoms with E-state index in [4.69, 9.17) is 9.47 Å². The maximum Gasteiger partial charge on any atom is 0.305 e. The van der Waals surface area contributed by atoms with E-state index in [0.717, 1.165) is 12.8 Å². The molecule has 0 atom stereocenters. The second kappa shape index (κ2) is 15.2. The molecule has 146 valence electrons. The molecule has 1 aliphatic rings. The Morgan fingerprint density at radius 3 is 2.04 bits per heavy atom. The second-order valence-electron chi connectivity index (χ2n) is 7.38. The summed E-state index contributed by atoms with van der Waals surface area (Å²) in [6.45, 7) is 3.29. The van der Waals surface area contributed by atoms with E-state index in [1.54, 1.807) is 0 Å². The molecule has 0 spiro atoms. The monoisotopic (exact) mass is 354 g/mol. The number of hydrogen-bond donors (Lipinski definition) is 0. The van der Waals surface area contributed by atoms with Crippen molar-refractivity contribution in [3.8, 4) is 0 Å². The first-order valence-electron chi connectivity index (χ1n) is 10.5. The Labute approximate surface area is 154 Å². The Morgan fingerprint density at radius 1 is 0.760 bits per heavy atom. The smallest absolute Gasteiger partial charge is 0.305 e. The maximum absolute atomic E-state index is 11.7. The summed E-state index contributed by atoms with van der Waals surface area (Å²) in [5.74, 6) is 0.182. The van der Waals surface area contributed by atoms with Crippen LogP contribution < -0.4 is 0 Å². The minimum Gasteiger partial charge on any atom is -0.466 e. The van der Waals surface area contributed by atoms with Crippen molar-refractivity contribution in [1.82, 2.24) is 0 Å². The first-order chi connectivity index (χ1) is 12.2. The highest BCUT2D eigenvalue weighted by atomic mass is 16.5. The summed E-state index contributed by atoms with van der Waals surface area (Å²) in [6, 6.07) is 0. The van der Waals surface area contributed by atoms with E-state index in [1.807, 2.05) is 0 Å². The molecule has 4 heteroatoms. The van der Waals surface area contributed by atoms with E-state index in [0.29, 0.717) is 38.4 Å². The molecule has 0 unspecified atom stereocenters. The first kappa shape index (κ1) is 22.0. The van der Waals surface area contributed by atoms with Crippen LogP contribution in [0.5, 0.6) is 0 Å². The van der Waals surface area contributed by atoms with Gasteiger partial charge in [0.05, 0.1) is 13.2 Å². The number of carbonyl (C=O) groups is 2. The highest BCUT2D eigenvalue weighted by Crippen LogP contribution is 2.23. The van der Waals surface area contributed by atoms with Crippen molar-refractivity contribution in [2.24, 2.45) is 5.92 Å². The third-order valence-electron chi connectivity index (χ3n) is 4.98. The van der Waals surface area contributed by atoms with Crippen LogP contribution in [-0.2, 0) is 19.1 Å². The molecule has 4 nitrogen and oxygen atoms in total. The van der Waals surface area contributed by atoms with Crippen LogP contribution in [0.4, 0.5) is 0 Å². The average molecular weight is 355 g/mol. The van der Waals surface area contributed by atoms with Crippen LogP contribution in [-0.4, -0.2) is 25.2 Å². The van der Waals surface area contributed by atoms with Crippen LogP contribution in [0.25, 0.3) is 0 Å². The third-order valence-corrected chi connectivity index (χ3v) is 4.98. The number of esters is 2. The van der Waals surface area contributed by atoms with Gasteiger partial charge in [0.1, 0.15) is 0 Å². The lowest BCUT2D eigenvalue weighted by molar-refractivity contribution is -0.146. The molecule has 1 saturated carbocycles. The Kier molecular flexibility index (Phi) is 13.4. The molecule has 0 N–H and O–H groups in total. The van der Waals surface area contributed by atoms with Gasteiger partial charge in [-0.1, -0.05) is 64.7 Å². The van der Waals surface area contributed by atoms with Gasteiger partial charge >= 0.3 is 11.9 Å². The molecule has 0 radical (unpaired) electrons. The molecule has 0 aromatic rings. The van der Waals surface area contributed by atoms with E-state index < -0.39 is 0 Å². The molecule has 0 aromatic heterocycles. The summed E-state index contributed by atoms with van der Waals surface area (Å²) >= 11 is 0. The molecular formula is C21H38O4. The van der Waals surface area contributed by atoms with Gasteiger partial charge in [-0.25, -0.2) is 0 Å². The van der Waals surface area contributed by atoms with Crippen molar-refractivity contribution < 1.29 is 19.1 Å². The van der Waals surface area contributed by atoms with Crippen LogP contribution in [0.15, 0.2) is 0 Å². The quantitative estimate of drug-likeness (QED) is 0.302. The topological polar surface area (TPSA) is 52.6 Å². The minimum atomic E-state index is -0.189. The zero-order valence-electron chi connectivity index (χ0n) is 16.2. The fourth-order valence-electron chi connectivity index (χ4n) is 3.33. The number of rotatable bonds is 14. The van der Waals surface area contributed by atoms with Crippen LogP contribution in [0.1, 0.15) is 103 Å². The Hall–Kier alpha value is -1.06. The van der Waals surface area contributed by atoms with Gasteiger partial charge in [-0.15, -0.1) is 0 Å². The van der Waals surface area contributed by atoms with E-state index in [9.17, 15) is 9.59 Å². The summed E-state index contributed by atoms with van der Waals surface area (Å²) in [6.07, 6.45) is 15.8. The first-order valence-corrected chi connectivity index (χ1v) is 10.5. The van der Waals surface area contributed by atoms with E-state index in [1.165, 1.54) is 64.2 Å². The molecule has 1 fully saturated rings. The normalized spacial score (nSPS) is 15.1. The van der Waals surface area contributed by atoms with E-state index in [2.05, 4.69) is 6.92 Å². The lowest BCUT2D eigenvalue weighted by Gasteiger charge is -2.20. The molecule has 1 aliphatic carbocycles. The highest BCUT2D eigenvalue weighted by Gasteiger charge is 2.15. The predicted molar refractivity (Wildman–Crippen MR) is 100 cm³/mol. The van der Waals surface area contributed by atoms with Gasteiger partial charge in [-0.05, 0) is 31.6 Å². The van der Waals surface area contributed by atoms with Crippen molar-refractivity contribution >= 4 is 11.9 Å². The predicted octanol–water partition coefficient (Wildman–Crippen LogP) is 5.57. The van der Waals surface area contributed by atoms with Gasteiger partial charge in [-0.3, -0.25) is 9.59 Å². The van der Waals surface area contributed by atoms with Crippen molar-refractivity contribution in [1.29, 1.82) is 0 Å². The summed E-state index contributed by atoms with van der Waals surface area (Å²) in [5, 5.41) is 0. The Bertz CT molecular complexity index is 348. The van der Waals surface area contributed by atoms with Crippen LogP contribution in [0.3, 0.4) is 0 Å². The van der Waals surface area contributed by atoms with Crippen molar-refractivity contribution in [3.05, 3.63) is 0 Å². The SMILES string of the molecule is CCCCCCCCCOC(=O)CCCC(=O)OCC1CCCCC1. The summed E-state index contributed by atoms with van der Waals surface area (Å²) < 4.78 is 10.5. The van der Waals surface area contributed by atoms with Crippen LogP contribution in [0.2, 0.25) is 0 Å². The van der Waals surface area contributed by atoms with Gasteiger partial charge < -0.3 is 9.47 Å². The maximum atomic E-state index is 11.7. The molecule has 0 aliphatic heterocycles. The number of hydrogen-bond acceptors (Lipinski definition) is 4. The van der Waals surface area contributed by atoms with Gasteiger partial charge in [0.25, 0.3) is 0 Å². The summed E-state index contributed by atoms with van der Waals surface area (Å²) in [5.41, 5.74) is 0.